The SMILES string of the molecule is CC(C)CCN(C)Cc1ccnc(Cl)c1. The quantitative estimate of drug-likeness (QED) is 0.717. The van der Waals surface area contributed by atoms with Gasteiger partial charge in [0.15, 0.2) is 0 Å². The van der Waals surface area contributed by atoms with E-state index in [4.69, 9.17) is 11.6 Å². The zero-order valence-electron chi connectivity index (χ0n) is 9.70. The van der Waals surface area contributed by atoms with Crippen molar-refractivity contribution in [2.75, 3.05) is 13.6 Å². The van der Waals surface area contributed by atoms with E-state index in [2.05, 4.69) is 30.8 Å². The summed E-state index contributed by atoms with van der Waals surface area (Å²) in [5, 5.41) is 0.574. The number of aromatic nitrogens is 1. The van der Waals surface area contributed by atoms with Gasteiger partial charge >= 0.3 is 0 Å². The molecule has 0 aliphatic carbocycles. The molecule has 0 bridgehead atoms. The second kappa shape index (κ2) is 6.09. The van der Waals surface area contributed by atoms with Crippen molar-refractivity contribution in [3.8, 4) is 0 Å². The fourth-order valence-corrected chi connectivity index (χ4v) is 1.61. The molecule has 1 aromatic heterocycles. The van der Waals surface area contributed by atoms with Crippen LogP contribution < -0.4 is 0 Å². The molecule has 84 valence electrons. The Morgan fingerprint density at radius 2 is 2.20 bits per heavy atom. The van der Waals surface area contributed by atoms with Crippen LogP contribution in [0, 0.1) is 5.92 Å². The number of hydrogen-bond donors (Lipinski definition) is 0. The van der Waals surface area contributed by atoms with Crippen molar-refractivity contribution < 1.29 is 0 Å². The molecule has 1 heterocycles. The Morgan fingerprint density at radius 3 is 2.80 bits per heavy atom. The van der Waals surface area contributed by atoms with Gasteiger partial charge in [-0.25, -0.2) is 4.98 Å². The minimum Gasteiger partial charge on any atom is -0.302 e. The third kappa shape index (κ3) is 5.14. The van der Waals surface area contributed by atoms with Crippen LogP contribution in [-0.2, 0) is 6.54 Å². The molecule has 1 aromatic rings. The molecular weight excluding hydrogens is 208 g/mol. The van der Waals surface area contributed by atoms with Crippen LogP contribution in [-0.4, -0.2) is 23.5 Å². The number of hydrogen-bond acceptors (Lipinski definition) is 2. The largest absolute Gasteiger partial charge is 0.302 e. The van der Waals surface area contributed by atoms with Crippen LogP contribution in [0.5, 0.6) is 0 Å². The fourth-order valence-electron chi connectivity index (χ4n) is 1.41. The van der Waals surface area contributed by atoms with Gasteiger partial charge < -0.3 is 4.90 Å². The summed E-state index contributed by atoms with van der Waals surface area (Å²) < 4.78 is 0. The Balaban J connectivity index is 2.40. The van der Waals surface area contributed by atoms with E-state index in [-0.39, 0.29) is 0 Å². The lowest BCUT2D eigenvalue weighted by atomic mass is 10.1. The average molecular weight is 227 g/mol. The van der Waals surface area contributed by atoms with E-state index >= 15 is 0 Å². The predicted molar refractivity (Wildman–Crippen MR) is 65.0 cm³/mol. The monoisotopic (exact) mass is 226 g/mol. The van der Waals surface area contributed by atoms with E-state index in [9.17, 15) is 0 Å². The first kappa shape index (κ1) is 12.5. The first-order valence-corrected chi connectivity index (χ1v) is 5.74. The highest BCUT2D eigenvalue weighted by atomic mass is 35.5. The Morgan fingerprint density at radius 1 is 1.47 bits per heavy atom. The van der Waals surface area contributed by atoms with Crippen LogP contribution in [0.3, 0.4) is 0 Å². The summed E-state index contributed by atoms with van der Waals surface area (Å²) in [4.78, 5) is 6.28. The molecule has 2 nitrogen and oxygen atoms in total. The molecule has 0 aliphatic rings. The minimum atomic E-state index is 0.574. The number of halogens is 1. The van der Waals surface area contributed by atoms with Crippen molar-refractivity contribution in [1.82, 2.24) is 9.88 Å². The van der Waals surface area contributed by atoms with Crippen molar-refractivity contribution in [3.05, 3.63) is 29.0 Å². The molecule has 0 unspecified atom stereocenters. The molecule has 1 rings (SSSR count). The maximum absolute atomic E-state index is 5.83. The van der Waals surface area contributed by atoms with E-state index in [1.54, 1.807) is 6.20 Å². The van der Waals surface area contributed by atoms with E-state index in [1.807, 2.05) is 12.1 Å². The van der Waals surface area contributed by atoms with Gasteiger partial charge in [-0.05, 0) is 43.6 Å². The molecule has 0 saturated carbocycles. The summed E-state index contributed by atoms with van der Waals surface area (Å²) in [5.74, 6) is 0.758. The molecule has 0 fully saturated rings. The molecule has 0 radical (unpaired) electrons. The van der Waals surface area contributed by atoms with Gasteiger partial charge in [-0.1, -0.05) is 25.4 Å². The Kier molecular flexibility index (Phi) is 5.06. The van der Waals surface area contributed by atoms with Crippen molar-refractivity contribution in [2.24, 2.45) is 5.92 Å². The highest BCUT2D eigenvalue weighted by Gasteiger charge is 2.02. The van der Waals surface area contributed by atoms with Gasteiger partial charge in [0, 0.05) is 12.7 Å². The summed E-state index contributed by atoms with van der Waals surface area (Å²) in [6.45, 7) is 6.56. The van der Waals surface area contributed by atoms with E-state index in [0.29, 0.717) is 5.15 Å². The van der Waals surface area contributed by atoms with Crippen LogP contribution in [0.4, 0.5) is 0 Å². The second-order valence-corrected chi connectivity index (χ2v) is 4.79. The average Bonchev–Trinajstić information content (AvgIpc) is 2.15. The Hall–Kier alpha value is -0.600. The van der Waals surface area contributed by atoms with Crippen LogP contribution in [0.2, 0.25) is 5.15 Å². The summed E-state index contributed by atoms with van der Waals surface area (Å²) in [6, 6.07) is 3.94. The second-order valence-electron chi connectivity index (χ2n) is 4.41. The van der Waals surface area contributed by atoms with Gasteiger partial charge in [-0.15, -0.1) is 0 Å². The van der Waals surface area contributed by atoms with Crippen molar-refractivity contribution >= 4 is 11.6 Å². The summed E-state index contributed by atoms with van der Waals surface area (Å²) in [5.41, 5.74) is 1.22. The minimum absolute atomic E-state index is 0.574. The van der Waals surface area contributed by atoms with Crippen molar-refractivity contribution in [1.29, 1.82) is 0 Å². The molecule has 0 amide bonds. The predicted octanol–water partition coefficient (Wildman–Crippen LogP) is 3.21. The summed E-state index contributed by atoms with van der Waals surface area (Å²) in [6.07, 6.45) is 2.99. The Labute approximate surface area is 97.3 Å². The van der Waals surface area contributed by atoms with Crippen LogP contribution in [0.1, 0.15) is 25.8 Å². The van der Waals surface area contributed by atoms with Crippen molar-refractivity contribution in [3.63, 3.8) is 0 Å². The molecular formula is C12H19ClN2. The van der Waals surface area contributed by atoms with Crippen molar-refractivity contribution in [2.45, 2.75) is 26.8 Å². The molecule has 0 aromatic carbocycles. The summed E-state index contributed by atoms with van der Waals surface area (Å²) in [7, 11) is 2.14. The normalized spacial score (nSPS) is 11.3. The van der Waals surface area contributed by atoms with Gasteiger partial charge in [-0.2, -0.15) is 0 Å². The molecule has 0 spiro atoms. The number of rotatable bonds is 5. The molecule has 0 N–H and O–H groups in total. The van der Waals surface area contributed by atoms with Crippen LogP contribution in [0.15, 0.2) is 18.3 Å². The van der Waals surface area contributed by atoms with E-state index in [1.165, 1.54) is 12.0 Å². The lowest BCUT2D eigenvalue weighted by molar-refractivity contribution is 0.303. The lowest BCUT2D eigenvalue weighted by Gasteiger charge is -2.17. The maximum atomic E-state index is 5.83. The standard InChI is InChI=1S/C12H19ClN2/c1-10(2)5-7-15(3)9-11-4-6-14-12(13)8-11/h4,6,8,10H,5,7,9H2,1-3H3. The van der Waals surface area contributed by atoms with Crippen LogP contribution >= 0.6 is 11.6 Å². The highest BCUT2D eigenvalue weighted by Crippen LogP contribution is 2.10. The molecule has 15 heavy (non-hydrogen) atoms. The third-order valence-electron chi connectivity index (χ3n) is 2.33. The molecule has 0 aliphatic heterocycles. The molecule has 0 atom stereocenters. The third-order valence-corrected chi connectivity index (χ3v) is 2.54. The van der Waals surface area contributed by atoms with E-state index in [0.717, 1.165) is 19.0 Å². The smallest absolute Gasteiger partial charge is 0.129 e. The van der Waals surface area contributed by atoms with Gasteiger partial charge in [0.25, 0.3) is 0 Å². The lowest BCUT2D eigenvalue weighted by Crippen LogP contribution is -2.20. The fraction of sp³-hybridized carbons (Fsp3) is 0.583. The van der Waals surface area contributed by atoms with E-state index < -0.39 is 0 Å². The first-order chi connectivity index (χ1) is 7.08. The molecule has 3 heteroatoms. The zero-order valence-corrected chi connectivity index (χ0v) is 10.5. The van der Waals surface area contributed by atoms with Crippen LogP contribution in [0.25, 0.3) is 0 Å². The van der Waals surface area contributed by atoms with Gasteiger partial charge in [-0.3, -0.25) is 0 Å². The number of pyridine rings is 1. The molecule has 0 saturated heterocycles. The topological polar surface area (TPSA) is 16.1 Å². The maximum Gasteiger partial charge on any atom is 0.129 e. The summed E-state index contributed by atoms with van der Waals surface area (Å²) >= 11 is 5.83. The Bertz CT molecular complexity index is 299. The van der Waals surface area contributed by atoms with Gasteiger partial charge in [0.1, 0.15) is 5.15 Å². The highest BCUT2D eigenvalue weighted by molar-refractivity contribution is 6.29. The zero-order chi connectivity index (χ0) is 11.3. The van der Waals surface area contributed by atoms with Gasteiger partial charge in [0.05, 0.1) is 0 Å². The first-order valence-electron chi connectivity index (χ1n) is 5.37. The number of nitrogens with zero attached hydrogens (tertiary/aromatic N) is 2. The van der Waals surface area contributed by atoms with Gasteiger partial charge in [0.2, 0.25) is 0 Å².